The number of benzene rings is 1. The SMILES string of the molecule is C[C@@H](OC(=O)/C=C/c1ccsc1)C(=O)NCc1ccccc1. The third kappa shape index (κ3) is 5.18. The zero-order valence-corrected chi connectivity index (χ0v) is 13.0. The minimum absolute atomic E-state index is 0.318. The van der Waals surface area contributed by atoms with Gasteiger partial charge in [-0.2, -0.15) is 11.3 Å². The highest BCUT2D eigenvalue weighted by Gasteiger charge is 2.15. The minimum Gasteiger partial charge on any atom is -0.449 e. The zero-order chi connectivity index (χ0) is 15.8. The van der Waals surface area contributed by atoms with Crippen molar-refractivity contribution in [3.05, 3.63) is 64.4 Å². The van der Waals surface area contributed by atoms with E-state index in [9.17, 15) is 9.59 Å². The molecule has 0 radical (unpaired) electrons. The third-order valence-corrected chi connectivity index (χ3v) is 3.63. The van der Waals surface area contributed by atoms with Crippen molar-refractivity contribution in [2.75, 3.05) is 0 Å². The lowest BCUT2D eigenvalue weighted by Crippen LogP contribution is -2.35. The van der Waals surface area contributed by atoms with Gasteiger partial charge in [-0.1, -0.05) is 30.3 Å². The maximum Gasteiger partial charge on any atom is 0.331 e. The lowest BCUT2D eigenvalue weighted by Gasteiger charge is -2.12. The van der Waals surface area contributed by atoms with Crippen molar-refractivity contribution in [2.45, 2.75) is 19.6 Å². The Kier molecular flexibility index (Phi) is 5.91. The highest BCUT2D eigenvalue weighted by Crippen LogP contribution is 2.08. The molecule has 2 rings (SSSR count). The van der Waals surface area contributed by atoms with Crippen molar-refractivity contribution in [1.29, 1.82) is 0 Å². The van der Waals surface area contributed by atoms with E-state index in [4.69, 9.17) is 4.74 Å². The molecule has 0 aliphatic rings. The van der Waals surface area contributed by atoms with Gasteiger partial charge < -0.3 is 10.1 Å². The fourth-order valence-electron chi connectivity index (χ4n) is 1.73. The molecule has 0 unspecified atom stereocenters. The van der Waals surface area contributed by atoms with E-state index >= 15 is 0 Å². The van der Waals surface area contributed by atoms with Crippen molar-refractivity contribution in [3.63, 3.8) is 0 Å². The summed E-state index contributed by atoms with van der Waals surface area (Å²) in [7, 11) is 0. The van der Waals surface area contributed by atoms with Gasteiger partial charge in [-0.3, -0.25) is 4.79 Å². The second-order valence-corrected chi connectivity index (χ2v) is 5.45. The van der Waals surface area contributed by atoms with Crippen LogP contribution in [0.15, 0.2) is 53.2 Å². The number of carbonyl (C=O) groups excluding carboxylic acids is 2. The Bertz CT molecular complexity index is 635. The van der Waals surface area contributed by atoms with Gasteiger partial charge in [0, 0.05) is 12.6 Å². The van der Waals surface area contributed by atoms with Gasteiger partial charge in [0.2, 0.25) is 0 Å². The Morgan fingerprint density at radius 3 is 2.73 bits per heavy atom. The summed E-state index contributed by atoms with van der Waals surface area (Å²) in [4.78, 5) is 23.5. The van der Waals surface area contributed by atoms with Crippen molar-refractivity contribution in [1.82, 2.24) is 5.32 Å². The molecule has 0 fully saturated rings. The summed E-state index contributed by atoms with van der Waals surface area (Å²) >= 11 is 1.55. The molecule has 2 aromatic rings. The Morgan fingerprint density at radius 1 is 1.27 bits per heavy atom. The normalized spacial score (nSPS) is 12.0. The Balaban J connectivity index is 1.77. The van der Waals surface area contributed by atoms with E-state index in [2.05, 4.69) is 5.32 Å². The molecule has 4 nitrogen and oxygen atoms in total. The lowest BCUT2D eigenvalue weighted by atomic mass is 10.2. The van der Waals surface area contributed by atoms with Crippen LogP contribution in [-0.4, -0.2) is 18.0 Å². The Hall–Kier alpha value is -2.40. The molecule has 0 saturated carbocycles. The number of esters is 1. The van der Waals surface area contributed by atoms with Gasteiger partial charge in [-0.05, 0) is 41.0 Å². The van der Waals surface area contributed by atoms with E-state index in [1.807, 2.05) is 47.2 Å². The van der Waals surface area contributed by atoms with E-state index in [-0.39, 0.29) is 5.91 Å². The van der Waals surface area contributed by atoms with E-state index in [1.165, 1.54) is 6.08 Å². The average Bonchev–Trinajstić information content (AvgIpc) is 3.05. The summed E-state index contributed by atoms with van der Waals surface area (Å²) in [5, 5.41) is 6.57. The topological polar surface area (TPSA) is 55.4 Å². The quantitative estimate of drug-likeness (QED) is 0.658. The number of nitrogens with one attached hydrogen (secondary N) is 1. The van der Waals surface area contributed by atoms with Crippen LogP contribution in [0.4, 0.5) is 0 Å². The van der Waals surface area contributed by atoms with Crippen molar-refractivity contribution >= 4 is 29.3 Å². The van der Waals surface area contributed by atoms with Crippen LogP contribution >= 0.6 is 11.3 Å². The molecule has 0 aliphatic heterocycles. The Morgan fingerprint density at radius 2 is 2.05 bits per heavy atom. The first-order chi connectivity index (χ1) is 10.6. The van der Waals surface area contributed by atoms with E-state index in [0.29, 0.717) is 6.54 Å². The molecule has 5 heteroatoms. The van der Waals surface area contributed by atoms with Crippen LogP contribution in [-0.2, 0) is 20.9 Å². The van der Waals surface area contributed by atoms with Gasteiger partial charge >= 0.3 is 5.97 Å². The number of ether oxygens (including phenoxy) is 1. The second-order valence-electron chi connectivity index (χ2n) is 4.67. The molecule has 1 amide bonds. The predicted octanol–water partition coefficient (Wildman–Crippen LogP) is 3.01. The first kappa shape index (κ1) is 16.0. The van der Waals surface area contributed by atoms with Crippen molar-refractivity contribution in [2.24, 2.45) is 0 Å². The molecule has 0 saturated heterocycles. The standard InChI is InChI=1S/C17H17NO3S/c1-13(17(20)18-11-14-5-3-2-4-6-14)21-16(19)8-7-15-9-10-22-12-15/h2-10,12-13H,11H2,1H3,(H,18,20)/b8-7+/t13-/m1/s1. The molecule has 0 bridgehead atoms. The Labute approximate surface area is 133 Å². The molecule has 1 aromatic heterocycles. The molecule has 1 aromatic carbocycles. The number of hydrogen-bond acceptors (Lipinski definition) is 4. The van der Waals surface area contributed by atoms with Crippen LogP contribution in [0.25, 0.3) is 6.08 Å². The molecule has 0 aliphatic carbocycles. The van der Waals surface area contributed by atoms with Gasteiger partial charge in [-0.25, -0.2) is 4.79 Å². The maximum atomic E-state index is 11.9. The lowest BCUT2D eigenvalue weighted by molar-refractivity contribution is -0.150. The molecule has 1 N–H and O–H groups in total. The summed E-state index contributed by atoms with van der Waals surface area (Å²) < 4.78 is 5.06. The molecule has 114 valence electrons. The maximum absolute atomic E-state index is 11.9. The van der Waals surface area contributed by atoms with E-state index in [0.717, 1.165) is 11.1 Å². The summed E-state index contributed by atoms with van der Waals surface area (Å²) in [5.41, 5.74) is 1.93. The summed E-state index contributed by atoms with van der Waals surface area (Å²) in [6, 6.07) is 11.4. The monoisotopic (exact) mass is 315 g/mol. The van der Waals surface area contributed by atoms with Crippen LogP contribution in [0.2, 0.25) is 0 Å². The summed E-state index contributed by atoms with van der Waals surface area (Å²) in [5.74, 6) is -0.852. The third-order valence-electron chi connectivity index (χ3n) is 2.93. The first-order valence-electron chi connectivity index (χ1n) is 6.87. The number of hydrogen-bond donors (Lipinski definition) is 1. The average molecular weight is 315 g/mol. The minimum atomic E-state index is -0.830. The molecule has 22 heavy (non-hydrogen) atoms. The zero-order valence-electron chi connectivity index (χ0n) is 12.2. The number of amides is 1. The van der Waals surface area contributed by atoms with Crippen molar-refractivity contribution in [3.8, 4) is 0 Å². The molecular formula is C17H17NO3S. The first-order valence-corrected chi connectivity index (χ1v) is 7.82. The highest BCUT2D eigenvalue weighted by atomic mass is 32.1. The van der Waals surface area contributed by atoms with Gasteiger partial charge in [0.15, 0.2) is 6.10 Å². The van der Waals surface area contributed by atoms with Crippen LogP contribution in [0, 0.1) is 0 Å². The van der Waals surface area contributed by atoms with Gasteiger partial charge in [0.05, 0.1) is 0 Å². The van der Waals surface area contributed by atoms with Crippen LogP contribution in [0.1, 0.15) is 18.1 Å². The van der Waals surface area contributed by atoms with Gasteiger partial charge in [0.25, 0.3) is 5.91 Å². The number of thiophene rings is 1. The largest absolute Gasteiger partial charge is 0.449 e. The predicted molar refractivity (Wildman–Crippen MR) is 87.2 cm³/mol. The fraction of sp³-hybridized carbons (Fsp3) is 0.176. The summed E-state index contributed by atoms with van der Waals surface area (Å²) in [6.45, 7) is 1.96. The summed E-state index contributed by atoms with van der Waals surface area (Å²) in [6.07, 6.45) is 2.15. The molecule has 0 spiro atoms. The van der Waals surface area contributed by atoms with Gasteiger partial charge in [0.1, 0.15) is 0 Å². The van der Waals surface area contributed by atoms with Crippen LogP contribution in [0.5, 0.6) is 0 Å². The highest BCUT2D eigenvalue weighted by molar-refractivity contribution is 7.08. The molecule has 1 atom stereocenters. The van der Waals surface area contributed by atoms with Crippen molar-refractivity contribution < 1.29 is 14.3 Å². The second kappa shape index (κ2) is 8.14. The van der Waals surface area contributed by atoms with Crippen LogP contribution < -0.4 is 5.32 Å². The molecule has 1 heterocycles. The fourth-order valence-corrected chi connectivity index (χ4v) is 2.36. The van der Waals surface area contributed by atoms with E-state index in [1.54, 1.807) is 24.3 Å². The van der Waals surface area contributed by atoms with Crippen LogP contribution in [0.3, 0.4) is 0 Å². The molecular weight excluding hydrogens is 298 g/mol. The van der Waals surface area contributed by atoms with E-state index < -0.39 is 12.1 Å². The smallest absolute Gasteiger partial charge is 0.331 e. The number of rotatable bonds is 6. The van der Waals surface area contributed by atoms with Gasteiger partial charge in [-0.15, -0.1) is 0 Å². The number of carbonyl (C=O) groups is 2.